The monoisotopic (exact) mass is 351 g/mol. The van der Waals surface area contributed by atoms with Gasteiger partial charge in [-0.15, -0.1) is 0 Å². The Labute approximate surface area is 152 Å². The molecule has 2 aromatic carbocycles. The molecule has 0 bridgehead atoms. The van der Waals surface area contributed by atoms with E-state index in [0.29, 0.717) is 24.5 Å². The van der Waals surface area contributed by atoms with Gasteiger partial charge in [-0.2, -0.15) is 5.10 Å². The van der Waals surface area contributed by atoms with Crippen LogP contribution in [0, 0.1) is 0 Å². The van der Waals surface area contributed by atoms with Crippen LogP contribution in [0.2, 0.25) is 0 Å². The second kappa shape index (κ2) is 8.82. The van der Waals surface area contributed by atoms with Gasteiger partial charge in [0.15, 0.2) is 0 Å². The van der Waals surface area contributed by atoms with Gasteiger partial charge < -0.3 is 15.2 Å². The third-order valence-corrected chi connectivity index (χ3v) is 3.75. The topological polar surface area (TPSA) is 79.4 Å². The molecule has 134 valence electrons. The Morgan fingerprint density at radius 2 is 1.85 bits per heavy atom. The molecule has 1 aromatic heterocycles. The van der Waals surface area contributed by atoms with Crippen LogP contribution in [0.1, 0.15) is 15.9 Å². The first kappa shape index (κ1) is 17.7. The van der Waals surface area contributed by atoms with Gasteiger partial charge in [0.2, 0.25) is 0 Å². The molecule has 0 spiro atoms. The lowest BCUT2D eigenvalue weighted by Gasteiger charge is -2.13. The van der Waals surface area contributed by atoms with E-state index in [-0.39, 0.29) is 18.6 Å². The second-order valence-electron chi connectivity index (χ2n) is 5.89. The summed E-state index contributed by atoms with van der Waals surface area (Å²) in [5.41, 5.74) is 7.46. The molecule has 3 aromatic rings. The zero-order valence-electron chi connectivity index (χ0n) is 14.3. The van der Waals surface area contributed by atoms with Gasteiger partial charge in [0.25, 0.3) is 0 Å². The van der Waals surface area contributed by atoms with E-state index >= 15 is 0 Å². The van der Waals surface area contributed by atoms with E-state index in [1.807, 2.05) is 42.6 Å². The SMILES string of the molecule is N[C@@H](COc1ccc(C(=O)OCc2ccccc2)cc1)Cn1cccn1. The first-order valence-electron chi connectivity index (χ1n) is 8.37. The van der Waals surface area contributed by atoms with Crippen LogP contribution in [-0.2, 0) is 17.9 Å². The number of aromatic nitrogens is 2. The summed E-state index contributed by atoms with van der Waals surface area (Å²) in [6.07, 6.45) is 3.57. The maximum atomic E-state index is 12.1. The number of hydrogen-bond acceptors (Lipinski definition) is 5. The lowest BCUT2D eigenvalue weighted by molar-refractivity contribution is 0.0472. The summed E-state index contributed by atoms with van der Waals surface area (Å²) in [5.74, 6) is 0.288. The van der Waals surface area contributed by atoms with Crippen molar-refractivity contribution in [2.45, 2.75) is 19.2 Å². The average Bonchev–Trinajstić information content (AvgIpc) is 3.18. The first-order valence-corrected chi connectivity index (χ1v) is 8.37. The highest BCUT2D eigenvalue weighted by Crippen LogP contribution is 2.14. The van der Waals surface area contributed by atoms with Crippen molar-refractivity contribution in [2.75, 3.05) is 6.61 Å². The minimum atomic E-state index is -0.365. The molecule has 0 saturated carbocycles. The van der Waals surface area contributed by atoms with Crippen molar-refractivity contribution in [1.82, 2.24) is 9.78 Å². The van der Waals surface area contributed by atoms with Crippen molar-refractivity contribution in [3.05, 3.63) is 84.2 Å². The Morgan fingerprint density at radius 1 is 1.08 bits per heavy atom. The van der Waals surface area contributed by atoms with Crippen LogP contribution in [0.5, 0.6) is 5.75 Å². The molecule has 0 amide bonds. The first-order chi connectivity index (χ1) is 12.7. The van der Waals surface area contributed by atoms with E-state index in [1.165, 1.54) is 0 Å². The minimum absolute atomic E-state index is 0.176. The number of nitrogens with two attached hydrogens (primary N) is 1. The number of rotatable bonds is 8. The summed E-state index contributed by atoms with van der Waals surface area (Å²) in [5, 5.41) is 4.11. The molecule has 3 rings (SSSR count). The summed E-state index contributed by atoms with van der Waals surface area (Å²) in [6.45, 7) is 1.19. The molecule has 2 N–H and O–H groups in total. The van der Waals surface area contributed by atoms with Crippen LogP contribution in [0.25, 0.3) is 0 Å². The number of nitrogens with zero attached hydrogens (tertiary/aromatic N) is 2. The van der Waals surface area contributed by atoms with Crippen molar-refractivity contribution in [3.8, 4) is 5.75 Å². The predicted octanol–water partition coefficient (Wildman–Crippen LogP) is 2.65. The molecule has 6 nitrogen and oxygen atoms in total. The van der Waals surface area contributed by atoms with Crippen molar-refractivity contribution in [3.63, 3.8) is 0 Å². The molecule has 0 aliphatic carbocycles. The van der Waals surface area contributed by atoms with Crippen LogP contribution < -0.4 is 10.5 Å². The highest BCUT2D eigenvalue weighted by atomic mass is 16.5. The third kappa shape index (κ3) is 5.19. The molecular formula is C20H21N3O3. The zero-order valence-corrected chi connectivity index (χ0v) is 14.3. The molecule has 0 aliphatic rings. The van der Waals surface area contributed by atoms with Gasteiger partial charge in [-0.05, 0) is 35.9 Å². The quantitative estimate of drug-likeness (QED) is 0.631. The second-order valence-corrected chi connectivity index (χ2v) is 5.89. The van der Waals surface area contributed by atoms with Gasteiger partial charge >= 0.3 is 5.97 Å². The lowest BCUT2D eigenvalue weighted by Crippen LogP contribution is -2.32. The molecule has 0 aliphatic heterocycles. The average molecular weight is 351 g/mol. The fraction of sp³-hybridized carbons (Fsp3) is 0.200. The molecule has 0 fully saturated rings. The number of esters is 1. The van der Waals surface area contributed by atoms with E-state index in [1.54, 1.807) is 35.1 Å². The van der Waals surface area contributed by atoms with Gasteiger partial charge in [-0.3, -0.25) is 4.68 Å². The Kier molecular flexibility index (Phi) is 6.01. The summed E-state index contributed by atoms with van der Waals surface area (Å²) in [4.78, 5) is 12.1. The fourth-order valence-electron chi connectivity index (χ4n) is 2.40. The maximum absolute atomic E-state index is 12.1. The Morgan fingerprint density at radius 3 is 2.54 bits per heavy atom. The standard InChI is InChI=1S/C20H21N3O3/c21-18(13-23-12-4-11-22-23)15-25-19-9-7-17(8-10-19)20(24)26-14-16-5-2-1-3-6-16/h1-12,18H,13-15,21H2/t18-/m1/s1. The Hall–Kier alpha value is -3.12. The van der Waals surface area contributed by atoms with Crippen LogP contribution >= 0.6 is 0 Å². The smallest absolute Gasteiger partial charge is 0.338 e. The molecule has 1 atom stereocenters. The Balaban J connectivity index is 1.46. The van der Waals surface area contributed by atoms with Gasteiger partial charge in [0, 0.05) is 12.4 Å². The van der Waals surface area contributed by atoms with E-state index in [2.05, 4.69) is 5.10 Å². The van der Waals surface area contributed by atoms with E-state index in [4.69, 9.17) is 15.2 Å². The number of carbonyl (C=O) groups excluding carboxylic acids is 1. The lowest BCUT2D eigenvalue weighted by atomic mass is 10.2. The maximum Gasteiger partial charge on any atom is 0.338 e. The molecule has 0 unspecified atom stereocenters. The molecule has 6 heteroatoms. The highest BCUT2D eigenvalue weighted by Gasteiger charge is 2.09. The zero-order chi connectivity index (χ0) is 18.2. The van der Waals surface area contributed by atoms with Crippen LogP contribution in [-0.4, -0.2) is 28.4 Å². The summed E-state index contributed by atoms with van der Waals surface area (Å²) in [6, 6.07) is 18.1. The van der Waals surface area contributed by atoms with Gasteiger partial charge in [-0.1, -0.05) is 30.3 Å². The largest absolute Gasteiger partial charge is 0.492 e. The third-order valence-electron chi connectivity index (χ3n) is 3.75. The molecule has 0 radical (unpaired) electrons. The van der Waals surface area contributed by atoms with Crippen molar-refractivity contribution in [2.24, 2.45) is 5.73 Å². The van der Waals surface area contributed by atoms with Crippen LogP contribution in [0.4, 0.5) is 0 Å². The van der Waals surface area contributed by atoms with E-state index in [0.717, 1.165) is 5.56 Å². The molecule has 26 heavy (non-hydrogen) atoms. The molecular weight excluding hydrogens is 330 g/mol. The predicted molar refractivity (Wildman–Crippen MR) is 97.7 cm³/mol. The van der Waals surface area contributed by atoms with Gasteiger partial charge in [0.1, 0.15) is 19.0 Å². The van der Waals surface area contributed by atoms with Crippen LogP contribution in [0.3, 0.4) is 0 Å². The van der Waals surface area contributed by atoms with E-state index in [9.17, 15) is 4.79 Å². The summed E-state index contributed by atoms with van der Waals surface area (Å²) in [7, 11) is 0. The number of ether oxygens (including phenoxy) is 2. The number of benzene rings is 2. The highest BCUT2D eigenvalue weighted by molar-refractivity contribution is 5.89. The van der Waals surface area contributed by atoms with Crippen molar-refractivity contribution in [1.29, 1.82) is 0 Å². The van der Waals surface area contributed by atoms with Crippen LogP contribution in [0.15, 0.2) is 73.1 Å². The van der Waals surface area contributed by atoms with E-state index < -0.39 is 0 Å². The summed E-state index contributed by atoms with van der Waals surface area (Å²) >= 11 is 0. The number of carbonyl (C=O) groups is 1. The van der Waals surface area contributed by atoms with Crippen molar-refractivity contribution < 1.29 is 14.3 Å². The van der Waals surface area contributed by atoms with Gasteiger partial charge in [0.05, 0.1) is 18.2 Å². The van der Waals surface area contributed by atoms with Crippen molar-refractivity contribution >= 4 is 5.97 Å². The molecule has 0 saturated heterocycles. The minimum Gasteiger partial charge on any atom is -0.492 e. The fourth-order valence-corrected chi connectivity index (χ4v) is 2.40. The molecule has 1 heterocycles. The van der Waals surface area contributed by atoms with Gasteiger partial charge in [-0.25, -0.2) is 4.79 Å². The number of hydrogen-bond donors (Lipinski definition) is 1. The normalized spacial score (nSPS) is 11.7. The summed E-state index contributed by atoms with van der Waals surface area (Å²) < 4.78 is 12.7. The Bertz CT molecular complexity index is 802.